The summed E-state index contributed by atoms with van der Waals surface area (Å²) in [5, 5.41) is 9.17. The first-order valence-electron chi connectivity index (χ1n) is 8.25. The Labute approximate surface area is 145 Å². The molecule has 2 heterocycles. The van der Waals surface area contributed by atoms with E-state index in [1.54, 1.807) is 6.20 Å². The second-order valence-electron chi connectivity index (χ2n) is 5.85. The van der Waals surface area contributed by atoms with Gasteiger partial charge >= 0.3 is 5.97 Å². The van der Waals surface area contributed by atoms with E-state index in [0.717, 1.165) is 5.56 Å². The molecule has 0 bridgehead atoms. The van der Waals surface area contributed by atoms with Gasteiger partial charge in [0.2, 0.25) is 5.91 Å². The third-order valence-electron chi connectivity index (χ3n) is 4.13. The van der Waals surface area contributed by atoms with E-state index in [4.69, 9.17) is 9.15 Å². The fourth-order valence-electron chi connectivity index (χ4n) is 2.80. The molecule has 1 fully saturated rings. The van der Waals surface area contributed by atoms with E-state index in [1.165, 1.54) is 4.90 Å². The average molecular weight is 344 g/mol. The minimum Gasteiger partial charge on any atom is -0.480 e. The molecule has 0 spiro atoms. The lowest BCUT2D eigenvalue weighted by molar-refractivity contribution is -0.158. The Kier molecular flexibility index (Phi) is 5.45. The number of carbonyl (C=O) groups excluding carboxylic acids is 1. The molecule has 132 valence electrons. The third kappa shape index (κ3) is 4.24. The van der Waals surface area contributed by atoms with Gasteiger partial charge in [-0.15, -0.1) is 0 Å². The van der Waals surface area contributed by atoms with Crippen molar-refractivity contribution in [2.24, 2.45) is 0 Å². The summed E-state index contributed by atoms with van der Waals surface area (Å²) in [5.41, 5.74) is 0.954. The molecule has 0 radical (unpaired) electrons. The molecule has 0 saturated carbocycles. The second-order valence-corrected chi connectivity index (χ2v) is 5.85. The maximum atomic E-state index is 12.3. The Bertz CT molecular complexity index is 728. The van der Waals surface area contributed by atoms with E-state index in [-0.39, 0.29) is 18.9 Å². The van der Waals surface area contributed by atoms with Crippen molar-refractivity contribution in [1.82, 2.24) is 9.88 Å². The standard InChI is InChI=1S/C18H20N2O5/c21-17(20-9-10-24-12-14(20)18(22)23)8-4-7-16-19-11-15(25-16)13-5-2-1-3-6-13/h1-3,5-6,11,14H,4,7-10,12H2,(H,22,23). The van der Waals surface area contributed by atoms with Crippen LogP contribution in [0.4, 0.5) is 0 Å². The molecule has 1 N–H and O–H groups in total. The lowest BCUT2D eigenvalue weighted by Gasteiger charge is -2.32. The lowest BCUT2D eigenvalue weighted by Crippen LogP contribution is -2.52. The van der Waals surface area contributed by atoms with Gasteiger partial charge in [0.25, 0.3) is 0 Å². The molecule has 7 heteroatoms. The minimum atomic E-state index is -1.03. The van der Waals surface area contributed by atoms with E-state index in [0.29, 0.717) is 37.6 Å². The van der Waals surface area contributed by atoms with Gasteiger partial charge in [-0.25, -0.2) is 9.78 Å². The first-order chi connectivity index (χ1) is 12.1. The number of carbonyl (C=O) groups is 2. The Morgan fingerprint density at radius 3 is 2.84 bits per heavy atom. The molecule has 1 aromatic carbocycles. The van der Waals surface area contributed by atoms with Crippen molar-refractivity contribution in [3.8, 4) is 11.3 Å². The van der Waals surface area contributed by atoms with E-state index < -0.39 is 12.0 Å². The van der Waals surface area contributed by atoms with Crippen LogP contribution in [0.15, 0.2) is 40.9 Å². The summed E-state index contributed by atoms with van der Waals surface area (Å²) in [4.78, 5) is 29.1. The topological polar surface area (TPSA) is 92.9 Å². The van der Waals surface area contributed by atoms with Crippen LogP contribution in [0, 0.1) is 0 Å². The van der Waals surface area contributed by atoms with Gasteiger partial charge in [0.1, 0.15) is 0 Å². The molecule has 1 aliphatic heterocycles. The number of nitrogens with zero attached hydrogens (tertiary/aromatic N) is 2. The highest BCUT2D eigenvalue weighted by Gasteiger charge is 2.32. The molecule has 1 aromatic heterocycles. The van der Waals surface area contributed by atoms with Crippen molar-refractivity contribution < 1.29 is 23.8 Å². The van der Waals surface area contributed by atoms with Crippen molar-refractivity contribution in [1.29, 1.82) is 0 Å². The quantitative estimate of drug-likeness (QED) is 0.861. The molecule has 1 atom stereocenters. The van der Waals surface area contributed by atoms with Gasteiger partial charge in [-0.3, -0.25) is 4.79 Å². The summed E-state index contributed by atoms with van der Waals surface area (Å²) in [6.07, 6.45) is 3.01. The molecule has 7 nitrogen and oxygen atoms in total. The van der Waals surface area contributed by atoms with Crippen LogP contribution in [0.3, 0.4) is 0 Å². The second kappa shape index (κ2) is 7.94. The van der Waals surface area contributed by atoms with E-state index >= 15 is 0 Å². The number of amides is 1. The van der Waals surface area contributed by atoms with Gasteiger partial charge in [-0.2, -0.15) is 0 Å². The zero-order valence-electron chi connectivity index (χ0n) is 13.8. The maximum Gasteiger partial charge on any atom is 0.328 e. The molecule has 1 unspecified atom stereocenters. The smallest absolute Gasteiger partial charge is 0.328 e. The number of morpholine rings is 1. The van der Waals surface area contributed by atoms with Crippen LogP contribution in [0.1, 0.15) is 18.7 Å². The SMILES string of the molecule is O=C(O)C1COCCN1C(=O)CCCc1ncc(-c2ccccc2)o1. The Hall–Kier alpha value is -2.67. The van der Waals surface area contributed by atoms with Gasteiger partial charge in [0.15, 0.2) is 17.7 Å². The molecule has 2 aromatic rings. The number of carboxylic acids is 1. The molecule has 1 saturated heterocycles. The maximum absolute atomic E-state index is 12.3. The Balaban J connectivity index is 1.52. The summed E-state index contributed by atoms with van der Waals surface area (Å²) in [5.74, 6) is 0.0586. The highest BCUT2D eigenvalue weighted by atomic mass is 16.5. The molecular weight excluding hydrogens is 324 g/mol. The van der Waals surface area contributed by atoms with Crippen molar-refractivity contribution in [2.45, 2.75) is 25.3 Å². The van der Waals surface area contributed by atoms with Crippen molar-refractivity contribution in [3.63, 3.8) is 0 Å². The highest BCUT2D eigenvalue weighted by molar-refractivity contribution is 5.84. The molecule has 1 aliphatic rings. The summed E-state index contributed by atoms with van der Waals surface area (Å²) in [7, 11) is 0. The lowest BCUT2D eigenvalue weighted by atomic mass is 10.1. The average Bonchev–Trinajstić information content (AvgIpc) is 3.11. The number of hydrogen-bond acceptors (Lipinski definition) is 5. The van der Waals surface area contributed by atoms with Crippen LogP contribution >= 0.6 is 0 Å². The normalized spacial score (nSPS) is 17.4. The summed E-state index contributed by atoms with van der Waals surface area (Å²) in [6.45, 7) is 0.726. The van der Waals surface area contributed by atoms with E-state index in [2.05, 4.69) is 4.98 Å². The Morgan fingerprint density at radius 1 is 1.28 bits per heavy atom. The highest BCUT2D eigenvalue weighted by Crippen LogP contribution is 2.20. The first kappa shape index (κ1) is 17.2. The fourth-order valence-corrected chi connectivity index (χ4v) is 2.80. The van der Waals surface area contributed by atoms with Crippen LogP contribution in [0.5, 0.6) is 0 Å². The first-order valence-corrected chi connectivity index (χ1v) is 8.25. The van der Waals surface area contributed by atoms with Gasteiger partial charge in [-0.1, -0.05) is 30.3 Å². The van der Waals surface area contributed by atoms with Crippen molar-refractivity contribution in [3.05, 3.63) is 42.4 Å². The number of aromatic nitrogens is 1. The van der Waals surface area contributed by atoms with Crippen LogP contribution < -0.4 is 0 Å². The number of ether oxygens (including phenoxy) is 1. The number of oxazole rings is 1. The largest absolute Gasteiger partial charge is 0.480 e. The predicted molar refractivity (Wildman–Crippen MR) is 88.8 cm³/mol. The van der Waals surface area contributed by atoms with Gasteiger partial charge in [0, 0.05) is 24.9 Å². The fraction of sp³-hybridized carbons (Fsp3) is 0.389. The predicted octanol–water partition coefficient (Wildman–Crippen LogP) is 1.98. The van der Waals surface area contributed by atoms with Gasteiger partial charge in [-0.05, 0) is 6.42 Å². The molecule has 1 amide bonds. The number of rotatable bonds is 6. The molecule has 0 aliphatic carbocycles. The van der Waals surface area contributed by atoms with Gasteiger partial charge in [0.05, 0.1) is 19.4 Å². The van der Waals surface area contributed by atoms with Crippen LogP contribution in [0.2, 0.25) is 0 Å². The Morgan fingerprint density at radius 2 is 2.08 bits per heavy atom. The number of benzene rings is 1. The monoisotopic (exact) mass is 344 g/mol. The van der Waals surface area contributed by atoms with Crippen LogP contribution in [-0.2, 0) is 20.7 Å². The molecule has 3 rings (SSSR count). The zero-order valence-corrected chi connectivity index (χ0v) is 13.8. The number of aliphatic carboxylic acids is 1. The zero-order chi connectivity index (χ0) is 17.6. The van der Waals surface area contributed by atoms with Crippen molar-refractivity contribution in [2.75, 3.05) is 19.8 Å². The van der Waals surface area contributed by atoms with Crippen LogP contribution in [-0.4, -0.2) is 52.7 Å². The third-order valence-corrected chi connectivity index (χ3v) is 4.13. The van der Waals surface area contributed by atoms with E-state index in [1.807, 2.05) is 30.3 Å². The summed E-state index contributed by atoms with van der Waals surface area (Å²) < 4.78 is 10.8. The summed E-state index contributed by atoms with van der Waals surface area (Å²) >= 11 is 0. The molecular formula is C18H20N2O5. The molecule has 25 heavy (non-hydrogen) atoms. The van der Waals surface area contributed by atoms with Crippen LogP contribution in [0.25, 0.3) is 11.3 Å². The minimum absolute atomic E-state index is 0.0429. The van der Waals surface area contributed by atoms with Crippen molar-refractivity contribution >= 4 is 11.9 Å². The number of aryl methyl sites for hydroxylation is 1. The van der Waals surface area contributed by atoms with Gasteiger partial charge < -0.3 is 19.2 Å². The van der Waals surface area contributed by atoms with E-state index in [9.17, 15) is 14.7 Å². The number of hydrogen-bond donors (Lipinski definition) is 1. The number of carboxylic acid groups (broad SMARTS) is 1. The summed E-state index contributed by atoms with van der Waals surface area (Å²) in [6, 6.07) is 8.78.